The molecule has 1 aromatic heterocycles. The summed E-state index contributed by atoms with van der Waals surface area (Å²) in [5, 5.41) is 12.3. The van der Waals surface area contributed by atoms with E-state index in [-0.39, 0.29) is 5.69 Å². The minimum atomic E-state index is -1.02. The van der Waals surface area contributed by atoms with Gasteiger partial charge in [-0.15, -0.1) is 0 Å². The van der Waals surface area contributed by atoms with Crippen molar-refractivity contribution in [3.63, 3.8) is 0 Å². The molecule has 0 unspecified atom stereocenters. The van der Waals surface area contributed by atoms with Gasteiger partial charge in [0.15, 0.2) is 5.69 Å². The first-order chi connectivity index (χ1) is 10.6. The van der Waals surface area contributed by atoms with Gasteiger partial charge in [-0.3, -0.25) is 0 Å². The molecule has 0 saturated heterocycles. The molecule has 0 spiro atoms. The van der Waals surface area contributed by atoms with E-state index in [0.29, 0.717) is 23.2 Å². The van der Waals surface area contributed by atoms with E-state index in [2.05, 4.69) is 39.6 Å². The molecule has 114 valence electrons. The lowest BCUT2D eigenvalue weighted by molar-refractivity contribution is 0.0689. The van der Waals surface area contributed by atoms with Gasteiger partial charge in [-0.25, -0.2) is 14.8 Å². The molecule has 1 aliphatic carbocycles. The van der Waals surface area contributed by atoms with Crippen molar-refractivity contribution in [2.45, 2.75) is 25.7 Å². The minimum Gasteiger partial charge on any atom is -0.476 e. The van der Waals surface area contributed by atoms with E-state index in [4.69, 9.17) is 5.11 Å². The number of nitrogens with zero attached hydrogens (tertiary/aromatic N) is 2. The third kappa shape index (κ3) is 2.93. The number of rotatable bonds is 5. The Morgan fingerprint density at radius 3 is 2.68 bits per heavy atom. The topological polar surface area (TPSA) is 75.1 Å². The predicted octanol–water partition coefficient (Wildman–Crippen LogP) is 3.09. The van der Waals surface area contributed by atoms with Crippen LogP contribution in [0.25, 0.3) is 0 Å². The van der Waals surface area contributed by atoms with Gasteiger partial charge in [0.05, 0.1) is 0 Å². The van der Waals surface area contributed by atoms with E-state index >= 15 is 0 Å². The molecule has 1 saturated carbocycles. The van der Waals surface area contributed by atoms with Crippen LogP contribution < -0.4 is 5.32 Å². The number of anilines is 1. The number of benzene rings is 1. The zero-order chi connectivity index (χ0) is 15.5. The van der Waals surface area contributed by atoms with Crippen molar-refractivity contribution in [2.75, 3.05) is 11.9 Å². The van der Waals surface area contributed by atoms with Crippen molar-refractivity contribution in [3.8, 4) is 0 Å². The van der Waals surface area contributed by atoms with Crippen LogP contribution in [0.3, 0.4) is 0 Å². The SMILES string of the molecule is Cc1c(NC[C@H]2C[C@@H](c3ccccc3)C2)ncnc1C(=O)O. The number of carbonyl (C=O) groups is 1. The fourth-order valence-electron chi connectivity index (χ4n) is 2.98. The number of hydrogen-bond donors (Lipinski definition) is 2. The molecular formula is C17H19N3O2. The van der Waals surface area contributed by atoms with Crippen LogP contribution in [-0.2, 0) is 0 Å². The minimum absolute atomic E-state index is 0.0632. The van der Waals surface area contributed by atoms with E-state index in [1.54, 1.807) is 6.92 Å². The second kappa shape index (κ2) is 6.13. The average molecular weight is 297 g/mol. The van der Waals surface area contributed by atoms with Gasteiger partial charge in [0.1, 0.15) is 12.1 Å². The molecule has 5 nitrogen and oxygen atoms in total. The Balaban J connectivity index is 1.55. The molecule has 3 rings (SSSR count). The van der Waals surface area contributed by atoms with Gasteiger partial charge < -0.3 is 10.4 Å². The van der Waals surface area contributed by atoms with Gasteiger partial charge in [0.2, 0.25) is 0 Å². The molecule has 0 amide bonds. The molecule has 22 heavy (non-hydrogen) atoms. The number of carboxylic acid groups (broad SMARTS) is 1. The van der Waals surface area contributed by atoms with Crippen LogP contribution >= 0.6 is 0 Å². The van der Waals surface area contributed by atoms with Crippen molar-refractivity contribution >= 4 is 11.8 Å². The van der Waals surface area contributed by atoms with E-state index in [1.165, 1.54) is 11.9 Å². The highest BCUT2D eigenvalue weighted by atomic mass is 16.4. The fourth-order valence-corrected chi connectivity index (χ4v) is 2.98. The first kappa shape index (κ1) is 14.5. The van der Waals surface area contributed by atoms with Crippen LogP contribution in [0.4, 0.5) is 5.82 Å². The number of aromatic nitrogens is 2. The standard InChI is InChI=1S/C17H19N3O2/c1-11-15(17(21)22)19-10-20-16(11)18-9-12-7-14(8-12)13-5-3-2-4-6-13/h2-6,10,12,14H,7-9H2,1H3,(H,21,22)(H,18,19,20)/t12-,14+. The van der Waals surface area contributed by atoms with Gasteiger partial charge in [-0.1, -0.05) is 30.3 Å². The van der Waals surface area contributed by atoms with Crippen LogP contribution in [0.15, 0.2) is 36.7 Å². The molecule has 1 fully saturated rings. The summed E-state index contributed by atoms with van der Waals surface area (Å²) in [6.45, 7) is 2.56. The molecule has 0 atom stereocenters. The van der Waals surface area contributed by atoms with Crippen LogP contribution in [0.1, 0.15) is 40.4 Å². The van der Waals surface area contributed by atoms with Crippen molar-refractivity contribution in [2.24, 2.45) is 5.92 Å². The second-order valence-corrected chi connectivity index (χ2v) is 5.83. The summed E-state index contributed by atoms with van der Waals surface area (Å²) in [4.78, 5) is 19.0. The van der Waals surface area contributed by atoms with E-state index in [1.807, 2.05) is 6.07 Å². The maximum Gasteiger partial charge on any atom is 0.354 e. The summed E-state index contributed by atoms with van der Waals surface area (Å²) < 4.78 is 0. The summed E-state index contributed by atoms with van der Waals surface area (Å²) in [5.41, 5.74) is 2.06. The molecule has 2 N–H and O–H groups in total. The van der Waals surface area contributed by atoms with Gasteiger partial charge in [-0.05, 0) is 37.2 Å². The van der Waals surface area contributed by atoms with Gasteiger partial charge in [-0.2, -0.15) is 0 Å². The maximum atomic E-state index is 11.1. The Morgan fingerprint density at radius 2 is 2.00 bits per heavy atom. The predicted molar refractivity (Wildman–Crippen MR) is 84.1 cm³/mol. The van der Waals surface area contributed by atoms with Gasteiger partial charge in [0.25, 0.3) is 0 Å². The lowest BCUT2D eigenvalue weighted by atomic mass is 9.71. The Kier molecular flexibility index (Phi) is 4.04. The molecule has 2 aromatic rings. The van der Waals surface area contributed by atoms with E-state index < -0.39 is 5.97 Å². The van der Waals surface area contributed by atoms with Gasteiger partial charge in [0, 0.05) is 12.1 Å². The number of aromatic carboxylic acids is 1. The normalized spacial score (nSPS) is 20.2. The lowest BCUT2D eigenvalue weighted by Gasteiger charge is -2.36. The van der Waals surface area contributed by atoms with Gasteiger partial charge >= 0.3 is 5.97 Å². The van der Waals surface area contributed by atoms with Crippen molar-refractivity contribution < 1.29 is 9.90 Å². The zero-order valence-corrected chi connectivity index (χ0v) is 12.5. The quantitative estimate of drug-likeness (QED) is 0.887. The van der Waals surface area contributed by atoms with E-state index in [0.717, 1.165) is 19.4 Å². The monoisotopic (exact) mass is 297 g/mol. The average Bonchev–Trinajstić information content (AvgIpc) is 2.48. The maximum absolute atomic E-state index is 11.1. The Bertz CT molecular complexity index is 667. The zero-order valence-electron chi connectivity index (χ0n) is 12.5. The second-order valence-electron chi connectivity index (χ2n) is 5.83. The summed E-state index contributed by atoms with van der Waals surface area (Å²) >= 11 is 0. The van der Waals surface area contributed by atoms with Crippen LogP contribution in [-0.4, -0.2) is 27.6 Å². The molecule has 1 aliphatic rings. The molecule has 1 aromatic carbocycles. The summed E-state index contributed by atoms with van der Waals surface area (Å²) in [6, 6.07) is 10.6. The van der Waals surface area contributed by atoms with Crippen molar-refractivity contribution in [1.29, 1.82) is 0 Å². The van der Waals surface area contributed by atoms with E-state index in [9.17, 15) is 4.79 Å². The molecule has 5 heteroatoms. The highest BCUT2D eigenvalue weighted by Crippen LogP contribution is 2.41. The number of hydrogen-bond acceptors (Lipinski definition) is 4. The fraction of sp³-hybridized carbons (Fsp3) is 0.353. The third-order valence-electron chi connectivity index (χ3n) is 4.35. The Labute approximate surface area is 129 Å². The summed E-state index contributed by atoms with van der Waals surface area (Å²) in [5.74, 6) is 0.855. The van der Waals surface area contributed by atoms with Crippen molar-refractivity contribution in [3.05, 3.63) is 53.5 Å². The number of nitrogens with one attached hydrogen (secondary N) is 1. The van der Waals surface area contributed by atoms with Crippen LogP contribution in [0.2, 0.25) is 0 Å². The molecule has 0 bridgehead atoms. The first-order valence-corrected chi connectivity index (χ1v) is 7.49. The molecule has 0 aliphatic heterocycles. The molecule has 1 heterocycles. The highest BCUT2D eigenvalue weighted by molar-refractivity contribution is 5.88. The Morgan fingerprint density at radius 1 is 1.27 bits per heavy atom. The first-order valence-electron chi connectivity index (χ1n) is 7.49. The third-order valence-corrected chi connectivity index (χ3v) is 4.35. The Hall–Kier alpha value is -2.43. The summed E-state index contributed by atoms with van der Waals surface area (Å²) in [7, 11) is 0. The lowest BCUT2D eigenvalue weighted by Crippen LogP contribution is -2.28. The smallest absolute Gasteiger partial charge is 0.354 e. The summed E-state index contributed by atoms with van der Waals surface area (Å²) in [6.07, 6.45) is 3.62. The van der Waals surface area contributed by atoms with Crippen molar-refractivity contribution in [1.82, 2.24) is 9.97 Å². The number of carboxylic acids is 1. The molecular weight excluding hydrogens is 278 g/mol. The van der Waals surface area contributed by atoms with Crippen LogP contribution in [0, 0.1) is 12.8 Å². The largest absolute Gasteiger partial charge is 0.476 e. The molecule has 0 radical (unpaired) electrons. The highest BCUT2D eigenvalue weighted by Gasteiger charge is 2.30. The van der Waals surface area contributed by atoms with Crippen LogP contribution in [0.5, 0.6) is 0 Å².